The molecule has 1 aliphatic heterocycles. The summed E-state index contributed by atoms with van der Waals surface area (Å²) >= 11 is 0. The van der Waals surface area contributed by atoms with E-state index in [1.54, 1.807) is 36.3 Å². The molecule has 3 aromatic carbocycles. The van der Waals surface area contributed by atoms with Gasteiger partial charge < -0.3 is 14.1 Å². The Balaban J connectivity index is 1.75. The van der Waals surface area contributed by atoms with Gasteiger partial charge in [0.2, 0.25) is 5.76 Å². The predicted octanol–water partition coefficient (Wildman–Crippen LogP) is 5.30. The molecule has 0 aliphatic carbocycles. The van der Waals surface area contributed by atoms with E-state index >= 15 is 0 Å². The number of ether oxygens (including phenoxy) is 1. The fourth-order valence-electron chi connectivity index (χ4n) is 4.62. The minimum Gasteiger partial charge on any atom is -0.497 e. The molecule has 0 saturated carbocycles. The summed E-state index contributed by atoms with van der Waals surface area (Å²) in [6.07, 6.45) is 0. The van der Waals surface area contributed by atoms with Gasteiger partial charge in [-0.05, 0) is 66.4 Å². The van der Waals surface area contributed by atoms with E-state index in [9.17, 15) is 14.0 Å². The molecule has 1 aromatic heterocycles. The largest absolute Gasteiger partial charge is 0.497 e. The Bertz CT molecular complexity index is 1460. The topological polar surface area (TPSA) is 59.8 Å². The van der Waals surface area contributed by atoms with Crippen molar-refractivity contribution in [2.75, 3.05) is 7.11 Å². The van der Waals surface area contributed by atoms with E-state index in [1.807, 2.05) is 38.1 Å². The first-order valence-electron chi connectivity index (χ1n) is 10.6. The van der Waals surface area contributed by atoms with Crippen LogP contribution in [0.3, 0.4) is 0 Å². The molecule has 0 saturated heterocycles. The molecule has 1 atom stereocenters. The molecule has 0 bridgehead atoms. The number of fused-ring (bicyclic) bond motifs is 2. The van der Waals surface area contributed by atoms with Crippen molar-refractivity contribution in [2.45, 2.75) is 26.4 Å². The molecule has 5 rings (SSSR count). The molecule has 5 nitrogen and oxygen atoms in total. The Kier molecular flexibility index (Phi) is 5.01. The van der Waals surface area contributed by atoms with E-state index in [2.05, 4.69) is 0 Å². The van der Waals surface area contributed by atoms with Gasteiger partial charge in [-0.3, -0.25) is 9.59 Å². The summed E-state index contributed by atoms with van der Waals surface area (Å²) < 4.78 is 24.9. The maximum Gasteiger partial charge on any atom is 0.291 e. The molecule has 1 aliphatic rings. The molecule has 0 spiro atoms. The third-order valence-corrected chi connectivity index (χ3v) is 6.09. The zero-order valence-corrected chi connectivity index (χ0v) is 18.5. The van der Waals surface area contributed by atoms with Crippen LogP contribution in [0.25, 0.3) is 11.0 Å². The van der Waals surface area contributed by atoms with Crippen molar-refractivity contribution in [1.29, 1.82) is 0 Å². The van der Waals surface area contributed by atoms with E-state index in [0.717, 1.165) is 22.3 Å². The predicted molar refractivity (Wildman–Crippen MR) is 123 cm³/mol. The number of halogens is 1. The van der Waals surface area contributed by atoms with Crippen molar-refractivity contribution in [1.82, 2.24) is 4.90 Å². The highest BCUT2D eigenvalue weighted by Gasteiger charge is 2.43. The Morgan fingerprint density at radius 1 is 1.03 bits per heavy atom. The van der Waals surface area contributed by atoms with Crippen LogP contribution in [0.4, 0.5) is 4.39 Å². The Hall–Kier alpha value is -3.93. The minimum absolute atomic E-state index is 0.0485. The van der Waals surface area contributed by atoms with Crippen LogP contribution in [0.2, 0.25) is 0 Å². The summed E-state index contributed by atoms with van der Waals surface area (Å²) in [5.74, 6) is -0.0621. The van der Waals surface area contributed by atoms with Crippen molar-refractivity contribution >= 4 is 16.9 Å². The molecule has 33 heavy (non-hydrogen) atoms. The third kappa shape index (κ3) is 3.48. The second-order valence-electron chi connectivity index (χ2n) is 8.37. The van der Waals surface area contributed by atoms with Crippen molar-refractivity contribution in [3.05, 3.63) is 110 Å². The van der Waals surface area contributed by atoms with E-state index in [-0.39, 0.29) is 29.5 Å². The van der Waals surface area contributed by atoms with Gasteiger partial charge in [0.15, 0.2) is 5.43 Å². The smallest absolute Gasteiger partial charge is 0.291 e. The molecule has 6 heteroatoms. The number of amides is 1. The summed E-state index contributed by atoms with van der Waals surface area (Å²) in [4.78, 5) is 28.9. The first-order valence-corrected chi connectivity index (χ1v) is 10.6. The second-order valence-corrected chi connectivity index (χ2v) is 8.37. The first kappa shape index (κ1) is 20.9. The minimum atomic E-state index is -0.658. The first-order chi connectivity index (χ1) is 15.9. The standard InChI is InChI=1S/C27H22FNO4/c1-15-11-16(2)22-21(12-15)33-26-23(25(22)30)24(18-5-4-6-20(13-18)32-3)29(27(26)31)14-17-7-9-19(28)10-8-17/h4-13,24H,14H2,1-3H3. The van der Waals surface area contributed by atoms with Gasteiger partial charge in [0.05, 0.1) is 24.1 Å². The van der Waals surface area contributed by atoms with Crippen LogP contribution in [-0.4, -0.2) is 17.9 Å². The molecular formula is C27H22FNO4. The third-order valence-electron chi connectivity index (χ3n) is 6.09. The summed E-state index contributed by atoms with van der Waals surface area (Å²) in [5.41, 5.74) is 3.73. The lowest BCUT2D eigenvalue weighted by Crippen LogP contribution is -2.29. The van der Waals surface area contributed by atoms with E-state index in [0.29, 0.717) is 22.3 Å². The van der Waals surface area contributed by atoms with Crippen LogP contribution in [0.5, 0.6) is 5.75 Å². The maximum atomic E-state index is 13.8. The Morgan fingerprint density at radius 2 is 1.79 bits per heavy atom. The number of benzene rings is 3. The second kappa shape index (κ2) is 7.89. The van der Waals surface area contributed by atoms with Crippen molar-refractivity contribution in [2.24, 2.45) is 0 Å². The van der Waals surface area contributed by atoms with Crippen LogP contribution >= 0.6 is 0 Å². The summed E-state index contributed by atoms with van der Waals surface area (Å²) in [6, 6.07) is 16.3. The van der Waals surface area contributed by atoms with Crippen molar-refractivity contribution in [3.63, 3.8) is 0 Å². The number of methoxy groups -OCH3 is 1. The van der Waals surface area contributed by atoms with Crippen LogP contribution < -0.4 is 10.2 Å². The SMILES string of the molecule is COc1cccc(C2c3c(oc4cc(C)cc(C)c4c3=O)C(=O)N2Cc2ccc(F)cc2)c1. The Labute approximate surface area is 190 Å². The van der Waals surface area contributed by atoms with Crippen molar-refractivity contribution in [3.8, 4) is 5.75 Å². The highest BCUT2D eigenvalue weighted by atomic mass is 19.1. The summed E-state index contributed by atoms with van der Waals surface area (Å²) in [6.45, 7) is 3.98. The van der Waals surface area contributed by atoms with Crippen LogP contribution in [0.1, 0.15) is 44.4 Å². The quantitative estimate of drug-likeness (QED) is 0.429. The van der Waals surface area contributed by atoms with Crippen LogP contribution in [0.15, 0.2) is 69.9 Å². The van der Waals surface area contributed by atoms with Gasteiger partial charge in [-0.2, -0.15) is 0 Å². The zero-order chi connectivity index (χ0) is 23.3. The van der Waals surface area contributed by atoms with Crippen molar-refractivity contribution < 1.29 is 18.3 Å². The number of rotatable bonds is 4. The van der Waals surface area contributed by atoms with Gasteiger partial charge in [0.1, 0.15) is 17.1 Å². The van der Waals surface area contributed by atoms with Gasteiger partial charge in [-0.25, -0.2) is 4.39 Å². The molecule has 1 unspecified atom stereocenters. The van der Waals surface area contributed by atoms with Gasteiger partial charge in [-0.1, -0.05) is 30.3 Å². The maximum absolute atomic E-state index is 13.8. The molecular weight excluding hydrogens is 421 g/mol. The Morgan fingerprint density at radius 3 is 2.52 bits per heavy atom. The average Bonchev–Trinajstić information content (AvgIpc) is 3.07. The van der Waals surface area contributed by atoms with Gasteiger partial charge >= 0.3 is 0 Å². The van der Waals surface area contributed by atoms with Gasteiger partial charge in [0, 0.05) is 6.54 Å². The zero-order valence-electron chi connectivity index (χ0n) is 18.5. The number of hydrogen-bond donors (Lipinski definition) is 0. The normalized spacial score (nSPS) is 15.2. The van der Waals surface area contributed by atoms with Crippen LogP contribution in [0, 0.1) is 19.7 Å². The lowest BCUT2D eigenvalue weighted by atomic mass is 9.96. The number of carbonyl (C=O) groups is 1. The van der Waals surface area contributed by atoms with E-state index in [1.165, 1.54) is 12.1 Å². The molecule has 2 heterocycles. The molecule has 166 valence electrons. The number of nitrogens with zero attached hydrogens (tertiary/aromatic N) is 1. The molecule has 4 aromatic rings. The molecule has 0 fully saturated rings. The monoisotopic (exact) mass is 443 g/mol. The average molecular weight is 443 g/mol. The van der Waals surface area contributed by atoms with E-state index < -0.39 is 6.04 Å². The lowest BCUT2D eigenvalue weighted by Gasteiger charge is -2.25. The molecule has 0 N–H and O–H groups in total. The summed E-state index contributed by atoms with van der Waals surface area (Å²) in [5, 5.41) is 0.476. The van der Waals surface area contributed by atoms with E-state index in [4.69, 9.17) is 9.15 Å². The number of aryl methyl sites for hydroxylation is 2. The number of carbonyl (C=O) groups excluding carboxylic acids is 1. The lowest BCUT2D eigenvalue weighted by molar-refractivity contribution is 0.0714. The molecule has 0 radical (unpaired) electrons. The molecule has 1 amide bonds. The fraction of sp³-hybridized carbons (Fsp3) is 0.185. The highest BCUT2D eigenvalue weighted by molar-refractivity contribution is 5.99. The van der Waals surface area contributed by atoms with Gasteiger partial charge in [-0.15, -0.1) is 0 Å². The highest BCUT2D eigenvalue weighted by Crippen LogP contribution is 2.40. The summed E-state index contributed by atoms with van der Waals surface area (Å²) in [7, 11) is 1.57. The van der Waals surface area contributed by atoms with Gasteiger partial charge in [0.25, 0.3) is 5.91 Å². The van der Waals surface area contributed by atoms with Crippen LogP contribution in [-0.2, 0) is 6.54 Å². The fourth-order valence-corrected chi connectivity index (χ4v) is 4.62. The number of hydrogen-bond acceptors (Lipinski definition) is 4.